The lowest BCUT2D eigenvalue weighted by Crippen LogP contribution is -2.17. The minimum Gasteiger partial charge on any atom is -0.103 e. The first-order valence-electron chi connectivity index (χ1n) is 6.46. The molecule has 0 spiro atoms. The van der Waals surface area contributed by atoms with Gasteiger partial charge in [0.05, 0.1) is 0 Å². The van der Waals surface area contributed by atoms with Crippen LogP contribution in [0.3, 0.4) is 0 Å². The molecular weight excluding hydrogens is 216 g/mol. The monoisotopic (exact) mass is 236 g/mol. The van der Waals surface area contributed by atoms with E-state index in [-0.39, 0.29) is 5.41 Å². The molecule has 0 nitrogen and oxygen atoms in total. The molecule has 92 valence electrons. The van der Waals surface area contributed by atoms with Crippen LogP contribution >= 0.6 is 0 Å². The first-order chi connectivity index (χ1) is 8.79. The molecule has 1 aliphatic carbocycles. The molecule has 0 heteroatoms. The highest BCUT2D eigenvalue weighted by Gasteiger charge is 2.25. The Morgan fingerprint density at radius 1 is 1.06 bits per heavy atom. The highest BCUT2D eigenvalue weighted by atomic mass is 14.3. The Morgan fingerprint density at radius 3 is 2.22 bits per heavy atom. The fraction of sp³-hybridized carbons (Fsp3) is 0.222. The third kappa shape index (κ3) is 2.70. The second-order valence-electron chi connectivity index (χ2n) is 4.91. The van der Waals surface area contributed by atoms with E-state index in [1.807, 2.05) is 12.2 Å². The molecule has 0 amide bonds. The molecule has 0 bridgehead atoms. The molecule has 0 fully saturated rings. The molecule has 0 aromatic heterocycles. The van der Waals surface area contributed by atoms with Gasteiger partial charge >= 0.3 is 0 Å². The first-order valence-corrected chi connectivity index (χ1v) is 6.46. The molecule has 0 atom stereocenters. The first kappa shape index (κ1) is 12.6. The molecule has 0 saturated carbocycles. The van der Waals surface area contributed by atoms with Crippen molar-refractivity contribution in [1.29, 1.82) is 0 Å². The maximum Gasteiger partial charge on any atom is -0.00115 e. The lowest BCUT2D eigenvalue weighted by atomic mass is 9.74. The smallest absolute Gasteiger partial charge is 0.00115 e. The standard InChI is InChI=1S/C18H20/c1-3-12-18(13-4-2)14-10-17(11-15-18)16-8-6-5-7-9-16/h3-11,14H,1-2,12-13,15H2. The van der Waals surface area contributed by atoms with E-state index in [9.17, 15) is 0 Å². The molecule has 0 N–H and O–H groups in total. The number of benzene rings is 1. The Hall–Kier alpha value is -1.82. The summed E-state index contributed by atoms with van der Waals surface area (Å²) >= 11 is 0. The summed E-state index contributed by atoms with van der Waals surface area (Å²) in [6.07, 6.45) is 14.0. The van der Waals surface area contributed by atoms with Gasteiger partial charge in [-0.2, -0.15) is 0 Å². The number of rotatable bonds is 5. The van der Waals surface area contributed by atoms with E-state index in [2.05, 4.69) is 61.7 Å². The van der Waals surface area contributed by atoms with Gasteiger partial charge in [-0.15, -0.1) is 13.2 Å². The molecule has 0 saturated heterocycles. The highest BCUT2D eigenvalue weighted by Crippen LogP contribution is 2.39. The van der Waals surface area contributed by atoms with Crippen molar-refractivity contribution in [3.8, 4) is 0 Å². The van der Waals surface area contributed by atoms with Crippen molar-refractivity contribution in [2.75, 3.05) is 0 Å². The van der Waals surface area contributed by atoms with Crippen molar-refractivity contribution < 1.29 is 0 Å². The molecule has 18 heavy (non-hydrogen) atoms. The zero-order valence-corrected chi connectivity index (χ0v) is 10.8. The summed E-state index contributed by atoms with van der Waals surface area (Å²) in [5.41, 5.74) is 2.81. The van der Waals surface area contributed by atoms with Crippen LogP contribution in [-0.2, 0) is 0 Å². The average Bonchev–Trinajstić information content (AvgIpc) is 2.41. The second-order valence-corrected chi connectivity index (χ2v) is 4.91. The summed E-state index contributed by atoms with van der Waals surface area (Å²) in [5.74, 6) is 0. The van der Waals surface area contributed by atoms with Gasteiger partial charge < -0.3 is 0 Å². The van der Waals surface area contributed by atoms with Crippen molar-refractivity contribution in [2.24, 2.45) is 5.41 Å². The Bertz CT molecular complexity index is 464. The summed E-state index contributed by atoms with van der Waals surface area (Å²) in [6, 6.07) is 10.5. The summed E-state index contributed by atoms with van der Waals surface area (Å²) < 4.78 is 0. The summed E-state index contributed by atoms with van der Waals surface area (Å²) in [4.78, 5) is 0. The SMILES string of the molecule is C=CCC1(CC=C)C=CC(c2ccccc2)=CC1. The average molecular weight is 236 g/mol. The van der Waals surface area contributed by atoms with Crippen LogP contribution in [0.4, 0.5) is 0 Å². The Labute approximate surface area is 110 Å². The molecule has 1 aromatic carbocycles. The summed E-state index contributed by atoms with van der Waals surface area (Å²) in [6.45, 7) is 7.74. The van der Waals surface area contributed by atoms with Crippen molar-refractivity contribution >= 4 is 5.57 Å². The lowest BCUT2D eigenvalue weighted by molar-refractivity contribution is 0.395. The van der Waals surface area contributed by atoms with Gasteiger partial charge in [0.15, 0.2) is 0 Å². The fourth-order valence-electron chi connectivity index (χ4n) is 2.52. The van der Waals surface area contributed by atoms with Gasteiger partial charge in [-0.1, -0.05) is 60.7 Å². The van der Waals surface area contributed by atoms with Crippen LogP contribution < -0.4 is 0 Å². The van der Waals surface area contributed by atoms with Gasteiger partial charge in [0.2, 0.25) is 0 Å². The third-order valence-corrected chi connectivity index (χ3v) is 3.55. The third-order valence-electron chi connectivity index (χ3n) is 3.55. The van der Waals surface area contributed by atoms with Crippen molar-refractivity contribution in [3.05, 3.63) is 79.4 Å². The quantitative estimate of drug-likeness (QED) is 0.619. The zero-order chi connectivity index (χ0) is 12.8. The Morgan fingerprint density at radius 2 is 1.72 bits per heavy atom. The van der Waals surface area contributed by atoms with E-state index in [4.69, 9.17) is 0 Å². The molecular formula is C18H20. The van der Waals surface area contributed by atoms with E-state index in [0.29, 0.717) is 0 Å². The summed E-state index contributed by atoms with van der Waals surface area (Å²) in [7, 11) is 0. The fourth-order valence-corrected chi connectivity index (χ4v) is 2.52. The molecule has 0 aliphatic heterocycles. The van der Waals surface area contributed by atoms with E-state index < -0.39 is 0 Å². The van der Waals surface area contributed by atoms with Gasteiger partial charge in [0.1, 0.15) is 0 Å². The summed E-state index contributed by atoms with van der Waals surface area (Å²) in [5, 5.41) is 0. The lowest BCUT2D eigenvalue weighted by Gasteiger charge is -2.30. The normalized spacial score (nSPS) is 17.0. The number of hydrogen-bond acceptors (Lipinski definition) is 0. The Balaban J connectivity index is 2.19. The van der Waals surface area contributed by atoms with E-state index >= 15 is 0 Å². The van der Waals surface area contributed by atoms with Gasteiger partial charge in [0.25, 0.3) is 0 Å². The van der Waals surface area contributed by atoms with Crippen LogP contribution in [0.2, 0.25) is 0 Å². The van der Waals surface area contributed by atoms with Crippen LogP contribution in [-0.4, -0.2) is 0 Å². The van der Waals surface area contributed by atoms with Crippen LogP contribution in [0.15, 0.2) is 73.9 Å². The van der Waals surface area contributed by atoms with Gasteiger partial charge in [-0.25, -0.2) is 0 Å². The van der Waals surface area contributed by atoms with Gasteiger partial charge in [0, 0.05) is 0 Å². The minimum atomic E-state index is 0.196. The molecule has 1 aliphatic rings. The molecule has 0 radical (unpaired) electrons. The van der Waals surface area contributed by atoms with Crippen molar-refractivity contribution in [1.82, 2.24) is 0 Å². The van der Waals surface area contributed by atoms with Crippen LogP contribution in [0.1, 0.15) is 24.8 Å². The zero-order valence-electron chi connectivity index (χ0n) is 10.8. The maximum absolute atomic E-state index is 3.87. The van der Waals surface area contributed by atoms with Crippen LogP contribution in [0.5, 0.6) is 0 Å². The van der Waals surface area contributed by atoms with Crippen LogP contribution in [0.25, 0.3) is 5.57 Å². The van der Waals surface area contributed by atoms with E-state index in [1.165, 1.54) is 11.1 Å². The molecule has 0 unspecified atom stereocenters. The maximum atomic E-state index is 3.87. The van der Waals surface area contributed by atoms with E-state index in [0.717, 1.165) is 19.3 Å². The van der Waals surface area contributed by atoms with E-state index in [1.54, 1.807) is 0 Å². The predicted octanol–water partition coefficient (Wildman–Crippen LogP) is 5.17. The molecule has 0 heterocycles. The largest absolute Gasteiger partial charge is 0.103 e. The molecule has 2 rings (SSSR count). The van der Waals surface area contributed by atoms with Gasteiger partial charge in [-0.05, 0) is 35.8 Å². The predicted molar refractivity (Wildman–Crippen MR) is 80.2 cm³/mol. The number of allylic oxidation sites excluding steroid dienone is 6. The highest BCUT2D eigenvalue weighted by molar-refractivity contribution is 5.75. The van der Waals surface area contributed by atoms with Crippen molar-refractivity contribution in [2.45, 2.75) is 19.3 Å². The minimum absolute atomic E-state index is 0.196. The Kier molecular flexibility index (Phi) is 3.99. The van der Waals surface area contributed by atoms with Crippen molar-refractivity contribution in [3.63, 3.8) is 0 Å². The number of hydrogen-bond donors (Lipinski definition) is 0. The molecule has 1 aromatic rings. The van der Waals surface area contributed by atoms with Crippen LogP contribution in [0, 0.1) is 5.41 Å². The topological polar surface area (TPSA) is 0 Å². The second kappa shape index (κ2) is 5.68. The van der Waals surface area contributed by atoms with Gasteiger partial charge in [-0.3, -0.25) is 0 Å².